The maximum atomic E-state index is 12.8. The number of cyclic esters (lactones) is 2. The van der Waals surface area contributed by atoms with Crippen LogP contribution in [0, 0.1) is 105 Å². The summed E-state index contributed by atoms with van der Waals surface area (Å²) in [7, 11) is -7.11. The van der Waals surface area contributed by atoms with Crippen LogP contribution in [0.5, 0.6) is 0 Å². The molecule has 34 nitrogen and oxygen atoms in total. The summed E-state index contributed by atoms with van der Waals surface area (Å²) in [4.78, 5) is 163. The highest BCUT2D eigenvalue weighted by molar-refractivity contribution is 7.88. The van der Waals surface area contributed by atoms with E-state index in [2.05, 4.69) is 72.6 Å². The minimum absolute atomic E-state index is 0.00904. The van der Waals surface area contributed by atoms with Crippen molar-refractivity contribution in [2.45, 2.75) is 427 Å². The highest BCUT2D eigenvalue weighted by atomic mass is 32.2. The molecule has 4 heterocycles. The summed E-state index contributed by atoms with van der Waals surface area (Å²) in [5.74, 6) is 1.13. The van der Waals surface area contributed by atoms with Crippen molar-refractivity contribution in [2.24, 2.45) is 105 Å². The zero-order chi connectivity index (χ0) is 110. The van der Waals surface area contributed by atoms with Crippen molar-refractivity contribution in [3.05, 3.63) is 48.6 Å². The first kappa shape index (κ1) is 123. The van der Waals surface area contributed by atoms with Crippen LogP contribution >= 0.6 is 0 Å². The standard InChI is InChI=1S/C19H28O9S.C19H32O2.C17H22O9S.C17H26O2.C12H22O2.C10H16O4.C10H16O2.C8H10O4/c1-4-19(2,3)18(22)26-8-7-25-14(20)5-6-15(21)27-16-11-9-12-13(10-11)29(23,24)28-17(12)16;1-6-18(4,5)17(20)21-19(12(2)3)15-8-13-7-14(10-15)11-16(19)9-13;1-9(2)17(20)24-6-5-23-13(18)3-4-14(19)25-15-10-7-11-12(8-10)27(21,22)26-16(11)15;1-10(2)16(18)19-17(11(3)4)14-6-12-5-13(8-14)9-15(17)7-12;1-5-11(2,3)10(13)14-12(4)8-6-7-9-12;1-4-10(2,3)9(12)14-7-5-6-13-8(7)11;1-8(2)9(11)12-10(3)6-4-5-7-10;1-5(2)7(9)12-6-3-4-11-8(6)10/h11-13,16-17H,4-10H2,1-3H3;12-16H,6-11H2,1-5H3;10-12,15-16H,1,3-8H2,2H3;11-15H,1,5-9H2,2-4H3;5-9H2,1-4H3;7H,4-6H2,1-3H3;1,4-7H2,2-3H3;6H,1,3-4H2,2H3. The van der Waals surface area contributed by atoms with E-state index in [1.54, 1.807) is 41.5 Å². The molecule has 14 saturated carbocycles. The number of ether oxygens (including phenoxy) is 14. The van der Waals surface area contributed by atoms with Gasteiger partial charge >= 0.3 is 83.6 Å². The Bertz CT molecular complexity index is 4960. The Kier molecular flexibility index (Phi) is 42.7. The van der Waals surface area contributed by atoms with Crippen molar-refractivity contribution in [1.82, 2.24) is 0 Å². The molecule has 836 valence electrons. The van der Waals surface area contributed by atoms with E-state index in [-0.39, 0.29) is 156 Å². The summed E-state index contributed by atoms with van der Waals surface area (Å²) in [5, 5.41) is -0.948. The third-order valence-corrected chi connectivity index (χ3v) is 37.7. The van der Waals surface area contributed by atoms with Gasteiger partial charge in [-0.15, -0.1) is 0 Å². The summed E-state index contributed by atoms with van der Waals surface area (Å²) in [5.41, 5.74) is -0.998. The molecular formula is C112H172O34S2. The molecular weight excluding hydrogens is 1950 g/mol. The number of carbonyl (C=O) groups is 14. The van der Waals surface area contributed by atoms with Crippen LogP contribution in [0.25, 0.3) is 0 Å². The molecule has 0 amide bonds. The van der Waals surface area contributed by atoms with Crippen LogP contribution in [-0.4, -0.2) is 210 Å². The molecule has 12 bridgehead atoms. The number of esters is 14. The first-order valence-electron chi connectivity index (χ1n) is 54.2. The van der Waals surface area contributed by atoms with Crippen molar-refractivity contribution >= 4 is 104 Å². The minimum Gasteiger partial charge on any atom is -0.463 e. The van der Waals surface area contributed by atoms with Gasteiger partial charge in [0.15, 0.2) is 0 Å². The summed E-state index contributed by atoms with van der Waals surface area (Å²) in [6.45, 7) is 57.0. The van der Waals surface area contributed by atoms with Crippen molar-refractivity contribution in [2.75, 3.05) is 39.6 Å². The molecule has 12 unspecified atom stereocenters. The molecule has 18 aliphatic rings. The normalized spacial score (nSPS) is 31.0. The summed E-state index contributed by atoms with van der Waals surface area (Å²) >= 11 is 0. The molecule has 4 saturated heterocycles. The van der Waals surface area contributed by atoms with Gasteiger partial charge in [0.1, 0.15) is 73.2 Å². The Balaban J connectivity index is 0.000000192. The van der Waals surface area contributed by atoms with Gasteiger partial charge in [-0.1, -0.05) is 81.7 Å². The highest BCUT2D eigenvalue weighted by Gasteiger charge is 2.68. The number of hydrogen-bond donors (Lipinski definition) is 0. The molecule has 14 aliphatic carbocycles. The zero-order valence-electron chi connectivity index (χ0n) is 92.1. The van der Waals surface area contributed by atoms with Crippen LogP contribution < -0.4 is 0 Å². The maximum Gasteiger partial charge on any atom is 0.347 e. The molecule has 0 aromatic heterocycles. The van der Waals surface area contributed by atoms with Gasteiger partial charge in [-0.25, -0.2) is 28.8 Å². The van der Waals surface area contributed by atoms with E-state index in [4.69, 9.17) is 69.9 Å². The second-order valence-electron chi connectivity index (χ2n) is 47.9. The largest absolute Gasteiger partial charge is 0.463 e. The maximum absolute atomic E-state index is 12.8. The predicted molar refractivity (Wildman–Crippen MR) is 543 cm³/mol. The Morgan fingerprint density at radius 3 is 1.02 bits per heavy atom. The minimum atomic E-state index is -3.56. The Morgan fingerprint density at radius 1 is 0.365 bits per heavy atom. The van der Waals surface area contributed by atoms with Crippen LogP contribution in [-0.2, 0) is 162 Å². The molecule has 0 aromatic rings. The zero-order valence-corrected chi connectivity index (χ0v) is 93.7. The molecule has 12 atom stereocenters. The number of rotatable bonds is 34. The molecule has 0 radical (unpaired) electrons. The van der Waals surface area contributed by atoms with Crippen molar-refractivity contribution in [3.8, 4) is 0 Å². The van der Waals surface area contributed by atoms with Gasteiger partial charge in [0.25, 0.3) is 20.2 Å². The first-order valence-corrected chi connectivity index (χ1v) is 57.1. The molecule has 18 rings (SSSR count). The van der Waals surface area contributed by atoms with Gasteiger partial charge in [-0.3, -0.25) is 46.7 Å². The average molecular weight is 2130 g/mol. The third-order valence-electron chi connectivity index (χ3n) is 34.2. The lowest BCUT2D eigenvalue weighted by molar-refractivity contribution is -0.231. The number of hydrogen-bond acceptors (Lipinski definition) is 34. The second kappa shape index (κ2) is 51.4. The molecule has 0 spiro atoms. The van der Waals surface area contributed by atoms with Gasteiger partial charge < -0.3 is 66.3 Å². The van der Waals surface area contributed by atoms with Gasteiger partial charge in [0, 0.05) is 58.8 Å². The van der Waals surface area contributed by atoms with Crippen LogP contribution in [0.2, 0.25) is 0 Å². The van der Waals surface area contributed by atoms with Crippen LogP contribution in [0.1, 0.15) is 358 Å². The highest BCUT2D eigenvalue weighted by Crippen LogP contribution is 2.65. The monoisotopic (exact) mass is 2130 g/mol. The van der Waals surface area contributed by atoms with E-state index in [0.717, 1.165) is 62.2 Å². The van der Waals surface area contributed by atoms with Gasteiger partial charge in [-0.05, 0) is 323 Å². The van der Waals surface area contributed by atoms with Crippen molar-refractivity contribution in [1.29, 1.82) is 0 Å². The molecule has 148 heavy (non-hydrogen) atoms. The van der Waals surface area contributed by atoms with Gasteiger partial charge in [0.05, 0.1) is 71.1 Å². The fraction of sp³-hybridized carbons (Fsp3) is 0.804. The first-order chi connectivity index (χ1) is 69.0. The smallest absolute Gasteiger partial charge is 0.347 e. The average Bonchev–Trinajstić information content (AvgIpc) is 1.66. The molecule has 0 N–H and O–H groups in total. The van der Waals surface area contributed by atoms with Crippen LogP contribution in [0.4, 0.5) is 0 Å². The van der Waals surface area contributed by atoms with Crippen molar-refractivity contribution < 1.29 is 159 Å². The molecule has 36 heteroatoms. The summed E-state index contributed by atoms with van der Waals surface area (Å²) < 4.78 is 131. The Labute approximate surface area is 877 Å². The Hall–Kier alpha value is -8.64. The second-order valence-corrected chi connectivity index (χ2v) is 51.4. The summed E-state index contributed by atoms with van der Waals surface area (Å²) in [6, 6.07) is 0. The van der Waals surface area contributed by atoms with E-state index < -0.39 is 126 Å². The van der Waals surface area contributed by atoms with Crippen LogP contribution in [0.15, 0.2) is 48.6 Å². The lowest BCUT2D eigenvalue weighted by Crippen LogP contribution is -2.63. The third kappa shape index (κ3) is 30.9. The van der Waals surface area contributed by atoms with E-state index in [1.165, 1.54) is 104 Å². The lowest BCUT2D eigenvalue weighted by Gasteiger charge is -2.62. The van der Waals surface area contributed by atoms with Gasteiger partial charge in [0.2, 0.25) is 12.2 Å². The molecule has 4 aliphatic heterocycles. The summed E-state index contributed by atoms with van der Waals surface area (Å²) in [6.07, 6.45) is 23.6. The van der Waals surface area contributed by atoms with E-state index >= 15 is 0 Å². The van der Waals surface area contributed by atoms with E-state index in [0.29, 0.717) is 111 Å². The number of fused-ring (bicyclic) bond motifs is 2. The van der Waals surface area contributed by atoms with E-state index in [9.17, 15) is 84.0 Å². The van der Waals surface area contributed by atoms with Crippen molar-refractivity contribution in [3.63, 3.8) is 0 Å². The molecule has 18 fully saturated rings. The predicted octanol–water partition coefficient (Wildman–Crippen LogP) is 18.0. The lowest BCUT2D eigenvalue weighted by atomic mass is 9.47. The SMILES string of the molecule is C=C(C)C(=O)OC1(C(C)C)C2CC3CC(C2)CC1C3.C=C(C)C(=O)OC1(C)CCCC1.C=C(C)C(=O)OC1CCOC1=O.C=C(C)C(=O)OCCOC(=O)CCC(=O)OC1C2CC3C1OS(=O)(=O)C3C2.CCC(C)(C)C(=O)OC1(C(C)C)C2CC3CC(C2)CC1C3.CCC(C)(C)C(=O)OC1(C)CCCC1.CCC(C)(C)C(=O)OC1CCOC1=O.CCC(C)(C)C(=O)OCCOC(=O)CCC(=O)OC1C2CC3C1OS(=O)(=O)C3C2. The van der Waals surface area contributed by atoms with Crippen LogP contribution in [0.3, 0.4) is 0 Å². The quantitative estimate of drug-likeness (QED) is 0.0190. The van der Waals surface area contributed by atoms with E-state index in [1.807, 2.05) is 55.4 Å². The Morgan fingerprint density at radius 2 is 0.676 bits per heavy atom. The molecule has 0 aromatic carbocycles. The fourth-order valence-corrected chi connectivity index (χ4v) is 28.0. The van der Waals surface area contributed by atoms with Gasteiger partial charge in [-0.2, -0.15) is 16.8 Å². The number of carbonyl (C=O) groups excluding carboxylic acids is 14. The topological polar surface area (TPSA) is 455 Å². The fourth-order valence-electron chi connectivity index (χ4n) is 24.2.